The van der Waals surface area contributed by atoms with Crippen LogP contribution < -0.4 is 5.73 Å². The number of hydrogen-bond donors (Lipinski definition) is 1. The van der Waals surface area contributed by atoms with Crippen LogP contribution in [-0.4, -0.2) is 47.8 Å². The maximum absolute atomic E-state index is 12.6. The van der Waals surface area contributed by atoms with Crippen molar-refractivity contribution < 1.29 is 9.59 Å². The Kier molecular flexibility index (Phi) is 4.68. The van der Waals surface area contributed by atoms with Gasteiger partial charge in [0.05, 0.1) is 11.1 Å². The molecule has 0 unspecified atom stereocenters. The number of halogens is 1. The van der Waals surface area contributed by atoms with E-state index >= 15 is 0 Å². The average molecular weight is 394 g/mol. The molecule has 0 atom stereocenters. The summed E-state index contributed by atoms with van der Waals surface area (Å²) < 4.78 is 0.845. The van der Waals surface area contributed by atoms with Crippen molar-refractivity contribution in [3.05, 3.63) is 50.6 Å². The van der Waals surface area contributed by atoms with Crippen LogP contribution in [0.5, 0.6) is 0 Å². The van der Waals surface area contributed by atoms with E-state index in [1.165, 1.54) is 11.3 Å². The van der Waals surface area contributed by atoms with Gasteiger partial charge >= 0.3 is 0 Å². The van der Waals surface area contributed by atoms with Gasteiger partial charge in [0.15, 0.2) is 0 Å². The number of anilines is 1. The summed E-state index contributed by atoms with van der Waals surface area (Å²) in [5.74, 6) is -0.0564. The molecule has 0 radical (unpaired) electrons. The summed E-state index contributed by atoms with van der Waals surface area (Å²) >= 11 is 4.84. The van der Waals surface area contributed by atoms with Crippen molar-refractivity contribution in [2.75, 3.05) is 31.9 Å². The number of carbonyl (C=O) groups is 2. The van der Waals surface area contributed by atoms with Gasteiger partial charge in [-0.25, -0.2) is 0 Å². The van der Waals surface area contributed by atoms with Crippen molar-refractivity contribution in [1.82, 2.24) is 9.80 Å². The zero-order valence-electron chi connectivity index (χ0n) is 12.4. The predicted molar refractivity (Wildman–Crippen MR) is 94.7 cm³/mol. The first kappa shape index (κ1) is 16.0. The molecular formula is C16H16BrN3O2S. The fraction of sp³-hybridized carbons (Fsp3) is 0.250. The van der Waals surface area contributed by atoms with E-state index in [4.69, 9.17) is 5.73 Å². The highest BCUT2D eigenvalue weighted by atomic mass is 79.9. The molecule has 7 heteroatoms. The van der Waals surface area contributed by atoms with Crippen LogP contribution in [-0.2, 0) is 0 Å². The van der Waals surface area contributed by atoms with Crippen molar-refractivity contribution in [3.8, 4) is 0 Å². The number of thiophene rings is 1. The number of benzene rings is 1. The standard InChI is InChI=1S/C16H16BrN3O2S/c17-12-1-2-13(14(18)9-12)16(22)20-6-4-19(5-7-20)15(21)11-3-8-23-10-11/h1-3,8-10H,4-7,18H2. The lowest BCUT2D eigenvalue weighted by atomic mass is 10.1. The molecule has 1 aromatic carbocycles. The Labute approximate surface area is 146 Å². The average Bonchev–Trinajstić information content (AvgIpc) is 3.08. The minimum atomic E-state index is -0.0855. The minimum Gasteiger partial charge on any atom is -0.398 e. The fourth-order valence-electron chi connectivity index (χ4n) is 2.58. The van der Waals surface area contributed by atoms with Gasteiger partial charge in [0, 0.05) is 41.7 Å². The molecule has 1 saturated heterocycles. The van der Waals surface area contributed by atoms with E-state index in [0.29, 0.717) is 43.0 Å². The zero-order valence-corrected chi connectivity index (χ0v) is 14.8. The SMILES string of the molecule is Nc1cc(Br)ccc1C(=O)N1CCN(C(=O)c2ccsc2)CC1. The van der Waals surface area contributed by atoms with Gasteiger partial charge in [-0.15, -0.1) is 0 Å². The predicted octanol–water partition coefficient (Wildman–Crippen LogP) is 2.69. The summed E-state index contributed by atoms with van der Waals surface area (Å²) in [6.07, 6.45) is 0. The number of amides is 2. The first-order valence-corrected chi connectivity index (χ1v) is 8.95. The molecule has 2 aromatic rings. The Morgan fingerprint density at radius 2 is 1.70 bits per heavy atom. The third kappa shape index (κ3) is 3.40. The van der Waals surface area contributed by atoms with Crippen LogP contribution in [0.25, 0.3) is 0 Å². The molecule has 5 nitrogen and oxygen atoms in total. The van der Waals surface area contributed by atoms with Crippen LogP contribution in [0, 0.1) is 0 Å². The topological polar surface area (TPSA) is 66.6 Å². The number of nitrogen functional groups attached to an aromatic ring is 1. The molecule has 2 heterocycles. The largest absolute Gasteiger partial charge is 0.398 e. The molecule has 1 fully saturated rings. The van der Waals surface area contributed by atoms with Gasteiger partial charge in [-0.05, 0) is 29.6 Å². The highest BCUT2D eigenvalue weighted by molar-refractivity contribution is 9.10. The zero-order chi connectivity index (χ0) is 16.4. The van der Waals surface area contributed by atoms with Gasteiger partial charge < -0.3 is 15.5 Å². The quantitative estimate of drug-likeness (QED) is 0.797. The Hall–Kier alpha value is -1.86. The number of nitrogens with two attached hydrogens (primary N) is 1. The van der Waals surface area contributed by atoms with Gasteiger partial charge in [-0.1, -0.05) is 15.9 Å². The molecular weight excluding hydrogens is 378 g/mol. The second kappa shape index (κ2) is 6.72. The fourth-order valence-corrected chi connectivity index (χ4v) is 3.59. The van der Waals surface area contributed by atoms with Crippen molar-refractivity contribution in [2.24, 2.45) is 0 Å². The van der Waals surface area contributed by atoms with E-state index in [1.807, 2.05) is 16.8 Å². The van der Waals surface area contributed by atoms with Gasteiger partial charge in [0.2, 0.25) is 0 Å². The highest BCUT2D eigenvalue weighted by Gasteiger charge is 2.26. The van der Waals surface area contributed by atoms with E-state index in [2.05, 4.69) is 15.9 Å². The lowest BCUT2D eigenvalue weighted by Crippen LogP contribution is -2.50. The molecule has 2 N–H and O–H groups in total. The number of nitrogens with zero attached hydrogens (tertiary/aromatic N) is 2. The molecule has 120 valence electrons. The molecule has 1 aliphatic heterocycles. The van der Waals surface area contributed by atoms with Crippen molar-refractivity contribution >= 4 is 44.8 Å². The molecule has 1 aromatic heterocycles. The summed E-state index contributed by atoms with van der Waals surface area (Å²) in [6.45, 7) is 2.11. The molecule has 2 amide bonds. The van der Waals surface area contributed by atoms with Crippen LogP contribution >= 0.6 is 27.3 Å². The molecule has 0 spiro atoms. The van der Waals surface area contributed by atoms with Crippen molar-refractivity contribution in [2.45, 2.75) is 0 Å². The van der Waals surface area contributed by atoms with E-state index in [-0.39, 0.29) is 11.8 Å². The molecule has 23 heavy (non-hydrogen) atoms. The maximum atomic E-state index is 12.6. The van der Waals surface area contributed by atoms with E-state index < -0.39 is 0 Å². The Morgan fingerprint density at radius 3 is 2.26 bits per heavy atom. The highest BCUT2D eigenvalue weighted by Crippen LogP contribution is 2.21. The molecule has 3 rings (SSSR count). The molecule has 1 aliphatic rings. The normalized spacial score (nSPS) is 14.8. The lowest BCUT2D eigenvalue weighted by molar-refractivity contribution is 0.0536. The summed E-state index contributed by atoms with van der Waals surface area (Å²) in [5.41, 5.74) is 7.61. The van der Waals surface area contributed by atoms with E-state index in [9.17, 15) is 9.59 Å². The summed E-state index contributed by atoms with van der Waals surface area (Å²) in [6, 6.07) is 7.08. The molecule has 0 bridgehead atoms. The van der Waals surface area contributed by atoms with E-state index in [1.54, 1.807) is 28.0 Å². The number of hydrogen-bond acceptors (Lipinski definition) is 4. The van der Waals surface area contributed by atoms with Crippen LogP contribution in [0.4, 0.5) is 5.69 Å². The first-order valence-electron chi connectivity index (χ1n) is 7.22. The third-order valence-corrected chi connectivity index (χ3v) is 5.04. The summed E-state index contributed by atoms with van der Waals surface area (Å²) in [7, 11) is 0. The van der Waals surface area contributed by atoms with Crippen molar-refractivity contribution in [1.29, 1.82) is 0 Å². The summed E-state index contributed by atoms with van der Waals surface area (Å²) in [4.78, 5) is 28.4. The van der Waals surface area contributed by atoms with E-state index in [0.717, 1.165) is 4.47 Å². The van der Waals surface area contributed by atoms with Crippen LogP contribution in [0.3, 0.4) is 0 Å². The Bertz CT molecular complexity index is 725. The monoisotopic (exact) mass is 393 g/mol. The molecule has 0 aliphatic carbocycles. The number of piperazine rings is 1. The van der Waals surface area contributed by atoms with Gasteiger partial charge in [-0.2, -0.15) is 11.3 Å². The smallest absolute Gasteiger partial charge is 0.256 e. The van der Waals surface area contributed by atoms with Gasteiger partial charge in [0.25, 0.3) is 11.8 Å². The number of rotatable bonds is 2. The maximum Gasteiger partial charge on any atom is 0.256 e. The third-order valence-electron chi connectivity index (χ3n) is 3.87. The van der Waals surface area contributed by atoms with Gasteiger partial charge in [0.1, 0.15) is 0 Å². The lowest BCUT2D eigenvalue weighted by Gasteiger charge is -2.34. The first-order chi connectivity index (χ1) is 11.1. The minimum absolute atomic E-state index is 0.0292. The second-order valence-corrected chi connectivity index (χ2v) is 7.02. The molecule has 0 saturated carbocycles. The van der Waals surface area contributed by atoms with Crippen molar-refractivity contribution in [3.63, 3.8) is 0 Å². The van der Waals surface area contributed by atoms with Gasteiger partial charge in [-0.3, -0.25) is 9.59 Å². The Morgan fingerprint density at radius 1 is 1.04 bits per heavy atom. The van der Waals surface area contributed by atoms with Crippen LogP contribution in [0.15, 0.2) is 39.5 Å². The van der Waals surface area contributed by atoms with Crippen LogP contribution in [0.1, 0.15) is 20.7 Å². The number of carbonyl (C=O) groups excluding carboxylic acids is 2. The second-order valence-electron chi connectivity index (χ2n) is 5.33. The van der Waals surface area contributed by atoms with Crippen LogP contribution in [0.2, 0.25) is 0 Å². The Balaban J connectivity index is 1.64. The summed E-state index contributed by atoms with van der Waals surface area (Å²) in [5, 5.41) is 3.74.